The number of aromatic nitrogens is 2. The van der Waals surface area contributed by atoms with Crippen LogP contribution in [-0.4, -0.2) is 23.1 Å². The Hall–Kier alpha value is -1.12. The highest BCUT2D eigenvalue weighted by Crippen LogP contribution is 2.13. The molecule has 0 bridgehead atoms. The second-order valence-corrected chi connectivity index (χ2v) is 2.90. The average molecular weight is 179 g/mol. The Morgan fingerprint density at radius 1 is 1.15 bits per heavy atom. The predicted octanol–water partition coefficient (Wildman–Crippen LogP) is 2.02. The molecule has 1 aromatic heterocycles. The quantitative estimate of drug-likeness (QED) is 0.660. The molecule has 3 heteroatoms. The van der Waals surface area contributed by atoms with Crippen molar-refractivity contribution < 1.29 is 0 Å². The van der Waals surface area contributed by atoms with Crippen LogP contribution in [0.4, 0.5) is 5.95 Å². The Morgan fingerprint density at radius 3 is 2.08 bits per heavy atom. The predicted molar refractivity (Wildman–Crippen MR) is 54.9 cm³/mol. The van der Waals surface area contributed by atoms with Gasteiger partial charge in [0.05, 0.1) is 0 Å². The van der Waals surface area contributed by atoms with Gasteiger partial charge in [-0.3, -0.25) is 0 Å². The third-order valence-electron chi connectivity index (χ3n) is 1.91. The zero-order valence-electron chi connectivity index (χ0n) is 8.62. The maximum absolute atomic E-state index is 4.22. The minimum absolute atomic E-state index is 0.877. The standard InChI is InChI=1S/C8H11N3.C2H6/c1-7-5-9-8(10-6-7)11-3-2-4-11;1-2/h5-6H,2-4H2,1H3;1-2H3. The molecule has 1 aliphatic heterocycles. The highest BCUT2D eigenvalue weighted by molar-refractivity contribution is 5.32. The second kappa shape index (κ2) is 4.80. The first kappa shape index (κ1) is 9.96. The highest BCUT2D eigenvalue weighted by Gasteiger charge is 2.15. The van der Waals surface area contributed by atoms with Gasteiger partial charge in [-0.1, -0.05) is 13.8 Å². The molecule has 72 valence electrons. The van der Waals surface area contributed by atoms with Crippen LogP contribution < -0.4 is 4.90 Å². The summed E-state index contributed by atoms with van der Waals surface area (Å²) in [5.41, 5.74) is 1.12. The van der Waals surface area contributed by atoms with Crippen molar-refractivity contribution >= 4 is 5.95 Å². The molecule has 0 N–H and O–H groups in total. The number of rotatable bonds is 1. The Balaban J connectivity index is 0.000000396. The summed E-state index contributed by atoms with van der Waals surface area (Å²) in [7, 11) is 0. The van der Waals surface area contributed by atoms with Crippen LogP contribution in [0.3, 0.4) is 0 Å². The third kappa shape index (κ3) is 2.41. The largest absolute Gasteiger partial charge is 0.341 e. The number of aryl methyl sites for hydroxylation is 1. The molecule has 13 heavy (non-hydrogen) atoms. The molecule has 0 atom stereocenters. The van der Waals surface area contributed by atoms with E-state index in [1.807, 2.05) is 33.2 Å². The maximum atomic E-state index is 4.22. The van der Waals surface area contributed by atoms with Gasteiger partial charge in [0.1, 0.15) is 0 Å². The molecule has 2 rings (SSSR count). The number of anilines is 1. The van der Waals surface area contributed by atoms with E-state index in [0.717, 1.165) is 24.6 Å². The van der Waals surface area contributed by atoms with Gasteiger partial charge in [-0.15, -0.1) is 0 Å². The van der Waals surface area contributed by atoms with Crippen LogP contribution >= 0.6 is 0 Å². The SMILES string of the molecule is CC.Cc1cnc(N2CCC2)nc1. The lowest BCUT2D eigenvalue weighted by atomic mass is 10.2. The molecular weight excluding hydrogens is 162 g/mol. The summed E-state index contributed by atoms with van der Waals surface area (Å²) < 4.78 is 0. The van der Waals surface area contributed by atoms with E-state index in [1.54, 1.807) is 0 Å². The molecule has 0 amide bonds. The molecular formula is C10H17N3. The van der Waals surface area contributed by atoms with E-state index in [4.69, 9.17) is 0 Å². The molecule has 0 radical (unpaired) electrons. The van der Waals surface area contributed by atoms with Crippen LogP contribution in [0.15, 0.2) is 12.4 Å². The van der Waals surface area contributed by atoms with Crippen LogP contribution in [0, 0.1) is 6.92 Å². The lowest BCUT2D eigenvalue weighted by molar-refractivity contribution is 0.600. The Bertz CT molecular complexity index is 239. The van der Waals surface area contributed by atoms with Gasteiger partial charge in [0.2, 0.25) is 5.95 Å². The fraction of sp³-hybridized carbons (Fsp3) is 0.600. The second-order valence-electron chi connectivity index (χ2n) is 2.90. The van der Waals surface area contributed by atoms with Gasteiger partial charge < -0.3 is 4.90 Å². The smallest absolute Gasteiger partial charge is 0.225 e. The van der Waals surface area contributed by atoms with Crippen molar-refractivity contribution in [3.8, 4) is 0 Å². The zero-order valence-corrected chi connectivity index (χ0v) is 8.62. The summed E-state index contributed by atoms with van der Waals surface area (Å²) in [6, 6.07) is 0. The van der Waals surface area contributed by atoms with E-state index in [0.29, 0.717) is 0 Å². The number of hydrogen-bond donors (Lipinski definition) is 0. The van der Waals surface area contributed by atoms with Crippen LogP contribution in [0.2, 0.25) is 0 Å². The van der Waals surface area contributed by atoms with Gasteiger partial charge in [-0.2, -0.15) is 0 Å². The van der Waals surface area contributed by atoms with Crippen LogP contribution in [-0.2, 0) is 0 Å². The van der Waals surface area contributed by atoms with E-state index < -0.39 is 0 Å². The first-order valence-corrected chi connectivity index (χ1v) is 4.90. The molecule has 0 saturated carbocycles. The number of hydrogen-bond acceptors (Lipinski definition) is 3. The van der Waals surface area contributed by atoms with Crippen molar-refractivity contribution in [1.82, 2.24) is 9.97 Å². The molecule has 0 unspecified atom stereocenters. The van der Waals surface area contributed by atoms with E-state index in [1.165, 1.54) is 6.42 Å². The lowest BCUT2D eigenvalue weighted by Crippen LogP contribution is -2.38. The minimum atomic E-state index is 0.877. The van der Waals surface area contributed by atoms with Gasteiger partial charge in [0.15, 0.2) is 0 Å². The molecule has 0 aromatic carbocycles. The van der Waals surface area contributed by atoms with Crippen LogP contribution in [0.25, 0.3) is 0 Å². The molecule has 0 spiro atoms. The summed E-state index contributed by atoms with van der Waals surface area (Å²) in [5.74, 6) is 0.877. The summed E-state index contributed by atoms with van der Waals surface area (Å²) >= 11 is 0. The molecule has 1 aliphatic rings. The van der Waals surface area contributed by atoms with Crippen LogP contribution in [0.1, 0.15) is 25.8 Å². The molecule has 1 saturated heterocycles. The van der Waals surface area contributed by atoms with Crippen molar-refractivity contribution in [1.29, 1.82) is 0 Å². The first-order chi connectivity index (χ1) is 6.36. The van der Waals surface area contributed by atoms with Crippen molar-refractivity contribution in [3.63, 3.8) is 0 Å². The summed E-state index contributed by atoms with van der Waals surface area (Å²) in [6.45, 7) is 8.23. The zero-order chi connectivity index (χ0) is 9.68. The van der Waals surface area contributed by atoms with Crippen molar-refractivity contribution in [2.75, 3.05) is 18.0 Å². The Kier molecular flexibility index (Phi) is 3.68. The van der Waals surface area contributed by atoms with E-state index in [-0.39, 0.29) is 0 Å². The van der Waals surface area contributed by atoms with Crippen molar-refractivity contribution in [2.24, 2.45) is 0 Å². The first-order valence-electron chi connectivity index (χ1n) is 4.90. The normalized spacial score (nSPS) is 14.2. The monoisotopic (exact) mass is 179 g/mol. The van der Waals surface area contributed by atoms with E-state index in [2.05, 4.69) is 14.9 Å². The maximum Gasteiger partial charge on any atom is 0.225 e. The fourth-order valence-corrected chi connectivity index (χ4v) is 1.07. The lowest BCUT2D eigenvalue weighted by Gasteiger charge is -2.30. The highest BCUT2D eigenvalue weighted by atomic mass is 15.3. The molecule has 1 fully saturated rings. The van der Waals surface area contributed by atoms with E-state index in [9.17, 15) is 0 Å². The van der Waals surface area contributed by atoms with Gasteiger partial charge in [-0.05, 0) is 18.9 Å². The topological polar surface area (TPSA) is 29.0 Å². The number of nitrogens with zero attached hydrogens (tertiary/aromatic N) is 3. The van der Waals surface area contributed by atoms with Gasteiger partial charge in [0.25, 0.3) is 0 Å². The van der Waals surface area contributed by atoms with Crippen molar-refractivity contribution in [2.45, 2.75) is 27.2 Å². The van der Waals surface area contributed by atoms with Crippen molar-refractivity contribution in [3.05, 3.63) is 18.0 Å². The van der Waals surface area contributed by atoms with Crippen LogP contribution in [0.5, 0.6) is 0 Å². The summed E-state index contributed by atoms with van der Waals surface area (Å²) in [6.07, 6.45) is 5.00. The van der Waals surface area contributed by atoms with E-state index >= 15 is 0 Å². The summed E-state index contributed by atoms with van der Waals surface area (Å²) in [5, 5.41) is 0. The third-order valence-corrected chi connectivity index (χ3v) is 1.91. The molecule has 2 heterocycles. The average Bonchev–Trinajstić information content (AvgIpc) is 2.09. The molecule has 1 aromatic rings. The summed E-state index contributed by atoms with van der Waals surface area (Å²) in [4.78, 5) is 10.6. The minimum Gasteiger partial charge on any atom is -0.341 e. The van der Waals surface area contributed by atoms with Gasteiger partial charge in [0, 0.05) is 25.5 Å². The molecule has 0 aliphatic carbocycles. The molecule has 3 nitrogen and oxygen atoms in total. The van der Waals surface area contributed by atoms with Gasteiger partial charge in [-0.25, -0.2) is 9.97 Å². The Labute approximate surface area is 79.8 Å². The fourth-order valence-electron chi connectivity index (χ4n) is 1.07. The Morgan fingerprint density at radius 2 is 1.69 bits per heavy atom. The van der Waals surface area contributed by atoms with Gasteiger partial charge >= 0.3 is 0 Å².